The highest BCUT2D eigenvalue weighted by molar-refractivity contribution is 6.27. The molecule has 0 atom stereocenters. The molecule has 0 N–H and O–H groups in total. The van der Waals surface area contributed by atoms with Gasteiger partial charge in [0.15, 0.2) is 0 Å². The highest BCUT2D eigenvalue weighted by atomic mass is 35.5. The van der Waals surface area contributed by atoms with E-state index in [1.54, 1.807) is 0 Å². The standard InChI is InChI=1S/C9H7ClN2O/c1-6-2-4-7(5-3-6)8-11-12-9(10)13-8/h2-5H,1H3. The molecule has 0 aliphatic heterocycles. The second kappa shape index (κ2) is 3.18. The average Bonchev–Trinajstić information content (AvgIpc) is 2.53. The Hall–Kier alpha value is -1.35. The lowest BCUT2D eigenvalue weighted by Crippen LogP contribution is -1.77. The van der Waals surface area contributed by atoms with Gasteiger partial charge in [0.1, 0.15) is 0 Å². The molecule has 13 heavy (non-hydrogen) atoms. The van der Waals surface area contributed by atoms with E-state index in [0.29, 0.717) is 5.89 Å². The highest BCUT2D eigenvalue weighted by Gasteiger charge is 2.05. The second-order valence-electron chi connectivity index (χ2n) is 2.73. The molecule has 0 radical (unpaired) electrons. The van der Waals surface area contributed by atoms with Crippen LogP contribution < -0.4 is 0 Å². The van der Waals surface area contributed by atoms with Gasteiger partial charge in [-0.15, -0.1) is 5.10 Å². The van der Waals surface area contributed by atoms with Crippen LogP contribution in [0.25, 0.3) is 11.5 Å². The summed E-state index contributed by atoms with van der Waals surface area (Å²) < 4.78 is 5.05. The minimum Gasteiger partial charge on any atom is -0.407 e. The van der Waals surface area contributed by atoms with Gasteiger partial charge in [-0.05, 0) is 30.7 Å². The van der Waals surface area contributed by atoms with E-state index in [4.69, 9.17) is 16.0 Å². The lowest BCUT2D eigenvalue weighted by atomic mass is 10.1. The van der Waals surface area contributed by atoms with Crippen LogP contribution in [-0.2, 0) is 0 Å². The number of hydrogen-bond acceptors (Lipinski definition) is 3. The Balaban J connectivity index is 2.41. The summed E-state index contributed by atoms with van der Waals surface area (Å²) in [6.45, 7) is 2.02. The number of nitrogens with zero attached hydrogens (tertiary/aromatic N) is 2. The summed E-state index contributed by atoms with van der Waals surface area (Å²) in [7, 11) is 0. The molecule has 2 rings (SSSR count). The molecular weight excluding hydrogens is 188 g/mol. The summed E-state index contributed by atoms with van der Waals surface area (Å²) in [6, 6.07) is 7.79. The van der Waals surface area contributed by atoms with Crippen LogP contribution in [-0.4, -0.2) is 10.2 Å². The van der Waals surface area contributed by atoms with Gasteiger partial charge in [0, 0.05) is 5.56 Å². The normalized spacial score (nSPS) is 10.3. The van der Waals surface area contributed by atoms with Crippen LogP contribution >= 0.6 is 11.6 Å². The Labute approximate surface area is 80.4 Å². The Bertz CT molecular complexity index is 408. The molecule has 1 aromatic carbocycles. The first-order chi connectivity index (χ1) is 6.25. The molecule has 1 heterocycles. The van der Waals surface area contributed by atoms with Crippen molar-refractivity contribution in [3.63, 3.8) is 0 Å². The van der Waals surface area contributed by atoms with Gasteiger partial charge in [0.05, 0.1) is 0 Å². The van der Waals surface area contributed by atoms with Gasteiger partial charge in [0.2, 0.25) is 5.89 Å². The largest absolute Gasteiger partial charge is 0.407 e. The molecule has 4 heteroatoms. The van der Waals surface area contributed by atoms with Gasteiger partial charge in [-0.1, -0.05) is 22.8 Å². The number of halogens is 1. The minimum absolute atomic E-state index is 0.0653. The number of hydrogen-bond donors (Lipinski definition) is 0. The third-order valence-corrected chi connectivity index (χ3v) is 1.85. The van der Waals surface area contributed by atoms with Gasteiger partial charge in [0.25, 0.3) is 0 Å². The summed E-state index contributed by atoms with van der Waals surface area (Å²) in [4.78, 5) is 0. The van der Waals surface area contributed by atoms with Crippen molar-refractivity contribution in [1.82, 2.24) is 10.2 Å². The van der Waals surface area contributed by atoms with Crippen molar-refractivity contribution >= 4 is 11.6 Å². The van der Waals surface area contributed by atoms with Gasteiger partial charge in [-0.25, -0.2) is 0 Å². The third-order valence-electron chi connectivity index (χ3n) is 1.70. The minimum atomic E-state index is 0.0653. The predicted molar refractivity (Wildman–Crippen MR) is 49.5 cm³/mol. The predicted octanol–water partition coefficient (Wildman–Crippen LogP) is 2.70. The maximum atomic E-state index is 5.50. The van der Waals surface area contributed by atoms with E-state index in [0.717, 1.165) is 5.56 Å². The number of aryl methyl sites for hydroxylation is 1. The Morgan fingerprint density at radius 3 is 2.38 bits per heavy atom. The molecule has 2 aromatic rings. The zero-order valence-electron chi connectivity index (χ0n) is 6.99. The van der Waals surface area contributed by atoms with Gasteiger partial charge in [-0.3, -0.25) is 0 Å². The van der Waals surface area contributed by atoms with E-state index in [9.17, 15) is 0 Å². The Kier molecular flexibility index (Phi) is 2.02. The van der Waals surface area contributed by atoms with Crippen LogP contribution in [0.1, 0.15) is 5.56 Å². The van der Waals surface area contributed by atoms with E-state index in [-0.39, 0.29) is 5.35 Å². The van der Waals surface area contributed by atoms with E-state index < -0.39 is 0 Å². The van der Waals surface area contributed by atoms with E-state index >= 15 is 0 Å². The summed E-state index contributed by atoms with van der Waals surface area (Å²) in [6.07, 6.45) is 0. The highest BCUT2D eigenvalue weighted by Crippen LogP contribution is 2.19. The molecule has 0 fully saturated rings. The molecule has 1 aromatic heterocycles. The van der Waals surface area contributed by atoms with Gasteiger partial charge < -0.3 is 4.42 Å². The van der Waals surface area contributed by atoms with Crippen molar-refractivity contribution in [2.24, 2.45) is 0 Å². The molecule has 0 amide bonds. The first kappa shape index (κ1) is 8.26. The van der Waals surface area contributed by atoms with Crippen LogP contribution in [0.5, 0.6) is 0 Å². The summed E-state index contributed by atoms with van der Waals surface area (Å²) in [5.41, 5.74) is 2.07. The second-order valence-corrected chi connectivity index (χ2v) is 3.05. The fourth-order valence-corrected chi connectivity index (χ4v) is 1.13. The molecule has 66 valence electrons. The average molecular weight is 195 g/mol. The topological polar surface area (TPSA) is 38.9 Å². The zero-order valence-corrected chi connectivity index (χ0v) is 7.75. The maximum Gasteiger partial charge on any atom is 0.313 e. The van der Waals surface area contributed by atoms with Gasteiger partial charge in [-0.2, -0.15) is 0 Å². The lowest BCUT2D eigenvalue weighted by Gasteiger charge is -1.94. The van der Waals surface area contributed by atoms with Crippen LogP contribution in [0.2, 0.25) is 5.35 Å². The molecule has 0 spiro atoms. The fraction of sp³-hybridized carbons (Fsp3) is 0.111. The van der Waals surface area contributed by atoms with Crippen LogP contribution in [0.15, 0.2) is 28.7 Å². The Morgan fingerprint density at radius 1 is 1.15 bits per heavy atom. The molecule has 0 aliphatic carbocycles. The summed E-state index contributed by atoms with van der Waals surface area (Å²) in [5.74, 6) is 0.449. The zero-order chi connectivity index (χ0) is 9.26. The number of aromatic nitrogens is 2. The smallest absolute Gasteiger partial charge is 0.313 e. The van der Waals surface area contributed by atoms with Crippen molar-refractivity contribution in [3.8, 4) is 11.5 Å². The van der Waals surface area contributed by atoms with E-state index in [1.807, 2.05) is 31.2 Å². The molecule has 3 nitrogen and oxygen atoms in total. The van der Waals surface area contributed by atoms with Crippen molar-refractivity contribution < 1.29 is 4.42 Å². The molecular formula is C9H7ClN2O. The fourth-order valence-electron chi connectivity index (χ4n) is 1.02. The molecule has 0 aliphatic rings. The van der Waals surface area contributed by atoms with Crippen molar-refractivity contribution in [3.05, 3.63) is 35.2 Å². The third kappa shape index (κ3) is 1.70. The van der Waals surface area contributed by atoms with Gasteiger partial charge >= 0.3 is 5.35 Å². The van der Waals surface area contributed by atoms with Crippen LogP contribution in [0.4, 0.5) is 0 Å². The van der Waals surface area contributed by atoms with E-state index in [1.165, 1.54) is 5.56 Å². The molecule has 0 saturated carbocycles. The SMILES string of the molecule is Cc1ccc(-c2nnc(Cl)o2)cc1. The first-order valence-electron chi connectivity index (χ1n) is 3.82. The summed E-state index contributed by atoms with van der Waals surface area (Å²) in [5, 5.41) is 7.40. The quantitative estimate of drug-likeness (QED) is 0.701. The lowest BCUT2D eigenvalue weighted by molar-refractivity contribution is 0.571. The monoisotopic (exact) mass is 194 g/mol. The van der Waals surface area contributed by atoms with Crippen molar-refractivity contribution in [2.45, 2.75) is 6.92 Å². The van der Waals surface area contributed by atoms with Crippen molar-refractivity contribution in [2.75, 3.05) is 0 Å². The molecule has 0 bridgehead atoms. The summed E-state index contributed by atoms with van der Waals surface area (Å²) >= 11 is 5.50. The van der Waals surface area contributed by atoms with Crippen molar-refractivity contribution in [1.29, 1.82) is 0 Å². The first-order valence-corrected chi connectivity index (χ1v) is 4.19. The maximum absolute atomic E-state index is 5.50. The Morgan fingerprint density at radius 2 is 1.85 bits per heavy atom. The number of benzene rings is 1. The van der Waals surface area contributed by atoms with E-state index in [2.05, 4.69) is 10.2 Å². The molecule has 0 unspecified atom stereocenters. The molecule has 0 saturated heterocycles. The van der Waals surface area contributed by atoms with Crippen LogP contribution in [0.3, 0.4) is 0 Å². The van der Waals surface area contributed by atoms with Crippen LogP contribution in [0, 0.1) is 6.92 Å². The number of rotatable bonds is 1.